The van der Waals surface area contributed by atoms with E-state index in [9.17, 15) is 4.79 Å². The predicted molar refractivity (Wildman–Crippen MR) is 126 cm³/mol. The standard InChI is InChI=1S/C26H20Cl2O3/c1-2-30-21-13-11-16-7-3-5-9-18(16)23(21)24-19-10-6-4-8-17(19)12-14-22(24)31-25(29)20-15-26(20,27)28/h3-14,20H,2,15H2,1H3/t20-/m1/s1. The van der Waals surface area contributed by atoms with Crippen molar-refractivity contribution in [1.82, 2.24) is 0 Å². The van der Waals surface area contributed by atoms with Gasteiger partial charge >= 0.3 is 5.97 Å². The van der Waals surface area contributed by atoms with Crippen molar-refractivity contribution in [2.24, 2.45) is 5.92 Å². The van der Waals surface area contributed by atoms with Gasteiger partial charge < -0.3 is 9.47 Å². The maximum absolute atomic E-state index is 12.8. The summed E-state index contributed by atoms with van der Waals surface area (Å²) in [6.45, 7) is 2.48. The number of benzene rings is 4. The first-order chi connectivity index (χ1) is 15.0. The number of hydrogen-bond donors (Lipinski definition) is 0. The summed E-state index contributed by atoms with van der Waals surface area (Å²) in [6.07, 6.45) is 0.399. The first-order valence-electron chi connectivity index (χ1n) is 10.3. The van der Waals surface area contributed by atoms with Gasteiger partial charge in [0.2, 0.25) is 0 Å². The highest BCUT2D eigenvalue weighted by atomic mass is 35.5. The van der Waals surface area contributed by atoms with Gasteiger partial charge in [0.05, 0.1) is 12.5 Å². The zero-order valence-corrected chi connectivity index (χ0v) is 18.4. The zero-order valence-electron chi connectivity index (χ0n) is 16.9. The van der Waals surface area contributed by atoms with Gasteiger partial charge in [0.1, 0.15) is 15.8 Å². The third-order valence-corrected chi connectivity index (χ3v) is 6.49. The Morgan fingerprint density at radius 2 is 1.39 bits per heavy atom. The average Bonchev–Trinajstić information content (AvgIpc) is 3.42. The van der Waals surface area contributed by atoms with Crippen LogP contribution in [0.2, 0.25) is 0 Å². The molecule has 0 aromatic heterocycles. The fraction of sp³-hybridized carbons (Fsp3) is 0.192. The molecule has 1 aliphatic carbocycles. The monoisotopic (exact) mass is 450 g/mol. The maximum atomic E-state index is 12.8. The molecule has 0 N–H and O–H groups in total. The van der Waals surface area contributed by atoms with Gasteiger partial charge in [-0.3, -0.25) is 4.79 Å². The Bertz CT molecular complexity index is 1310. The number of ether oxygens (including phenoxy) is 2. The van der Waals surface area contributed by atoms with Crippen LogP contribution in [0.15, 0.2) is 72.8 Å². The summed E-state index contributed by atoms with van der Waals surface area (Å²) < 4.78 is 10.9. The van der Waals surface area contributed by atoms with Crippen LogP contribution >= 0.6 is 23.2 Å². The van der Waals surface area contributed by atoms with E-state index >= 15 is 0 Å². The zero-order chi connectivity index (χ0) is 21.6. The lowest BCUT2D eigenvalue weighted by molar-refractivity contribution is -0.135. The molecule has 4 aromatic rings. The van der Waals surface area contributed by atoms with Crippen LogP contribution in [0.1, 0.15) is 13.3 Å². The van der Waals surface area contributed by atoms with Gasteiger partial charge in [-0.25, -0.2) is 0 Å². The predicted octanol–water partition coefficient (Wildman–Crippen LogP) is 7.16. The summed E-state index contributed by atoms with van der Waals surface area (Å²) in [5.41, 5.74) is 1.72. The molecule has 1 saturated carbocycles. The Labute approximate surface area is 190 Å². The van der Waals surface area contributed by atoms with Crippen LogP contribution in [-0.4, -0.2) is 16.9 Å². The van der Waals surface area contributed by atoms with Crippen molar-refractivity contribution < 1.29 is 14.3 Å². The number of carbonyl (C=O) groups excluding carboxylic acids is 1. The van der Waals surface area contributed by atoms with Crippen molar-refractivity contribution in [2.45, 2.75) is 17.7 Å². The molecule has 0 spiro atoms. The third-order valence-electron chi connectivity index (χ3n) is 5.65. The number of hydrogen-bond acceptors (Lipinski definition) is 3. The first-order valence-corrected chi connectivity index (χ1v) is 11.0. The van der Waals surface area contributed by atoms with Gasteiger partial charge in [0.15, 0.2) is 0 Å². The Morgan fingerprint density at radius 1 is 0.871 bits per heavy atom. The molecule has 0 bridgehead atoms. The van der Waals surface area contributed by atoms with E-state index in [1.165, 1.54) is 0 Å². The summed E-state index contributed by atoms with van der Waals surface area (Å²) in [4.78, 5) is 12.8. The molecule has 0 saturated heterocycles. The van der Waals surface area contributed by atoms with Gasteiger partial charge in [-0.1, -0.05) is 60.7 Å². The molecule has 5 heteroatoms. The molecule has 156 valence electrons. The van der Waals surface area contributed by atoms with E-state index in [1.54, 1.807) is 0 Å². The van der Waals surface area contributed by atoms with Gasteiger partial charge in [0, 0.05) is 11.1 Å². The molecule has 5 rings (SSSR count). The second kappa shape index (κ2) is 7.74. The quantitative estimate of drug-likeness (QED) is 0.184. The molecular weight excluding hydrogens is 431 g/mol. The van der Waals surface area contributed by atoms with E-state index in [2.05, 4.69) is 12.1 Å². The van der Waals surface area contributed by atoms with Crippen molar-refractivity contribution in [3.05, 3.63) is 72.8 Å². The normalized spacial score (nSPS) is 16.9. The molecular formula is C26H20Cl2O3. The lowest BCUT2D eigenvalue weighted by atomic mass is 9.92. The van der Waals surface area contributed by atoms with E-state index in [-0.39, 0.29) is 0 Å². The number of rotatable bonds is 5. The van der Waals surface area contributed by atoms with Gasteiger partial charge in [-0.15, -0.1) is 23.2 Å². The molecule has 0 heterocycles. The average molecular weight is 451 g/mol. The minimum atomic E-state index is -1.04. The lowest BCUT2D eigenvalue weighted by Crippen LogP contribution is -2.14. The highest BCUT2D eigenvalue weighted by molar-refractivity contribution is 6.52. The summed E-state index contributed by atoms with van der Waals surface area (Å²) in [7, 11) is 0. The molecule has 4 aromatic carbocycles. The highest BCUT2D eigenvalue weighted by Crippen LogP contribution is 2.54. The number of esters is 1. The minimum absolute atomic E-state index is 0.399. The second-order valence-corrected chi connectivity index (χ2v) is 9.23. The van der Waals surface area contributed by atoms with Gasteiger partial charge in [-0.05, 0) is 47.0 Å². The molecule has 0 unspecified atom stereocenters. The van der Waals surface area contributed by atoms with E-state index in [0.29, 0.717) is 18.8 Å². The summed E-state index contributed by atoms with van der Waals surface area (Å²) in [5, 5.41) is 4.12. The van der Waals surface area contributed by atoms with Crippen LogP contribution in [0.5, 0.6) is 11.5 Å². The van der Waals surface area contributed by atoms with Crippen molar-refractivity contribution >= 4 is 50.7 Å². The van der Waals surface area contributed by atoms with E-state index in [1.807, 2.05) is 67.6 Å². The second-order valence-electron chi connectivity index (χ2n) is 7.69. The molecule has 0 amide bonds. The number of halogens is 2. The molecule has 1 aliphatic rings. The van der Waals surface area contributed by atoms with Crippen LogP contribution in [0.25, 0.3) is 32.7 Å². The smallest absolute Gasteiger partial charge is 0.317 e. The topological polar surface area (TPSA) is 35.5 Å². The van der Waals surface area contributed by atoms with Crippen LogP contribution in [0, 0.1) is 5.92 Å². The van der Waals surface area contributed by atoms with Crippen LogP contribution < -0.4 is 9.47 Å². The van der Waals surface area contributed by atoms with E-state index in [4.69, 9.17) is 32.7 Å². The Kier molecular flexibility index (Phi) is 5.04. The first kappa shape index (κ1) is 20.2. The van der Waals surface area contributed by atoms with E-state index < -0.39 is 16.2 Å². The van der Waals surface area contributed by atoms with Crippen molar-refractivity contribution in [3.63, 3.8) is 0 Å². The fourth-order valence-corrected chi connectivity index (χ4v) is 4.51. The van der Waals surface area contributed by atoms with Crippen LogP contribution in [0.3, 0.4) is 0 Å². The molecule has 0 radical (unpaired) electrons. The molecule has 1 fully saturated rings. The number of carbonyl (C=O) groups is 1. The summed E-state index contributed by atoms with van der Waals surface area (Å²) >= 11 is 12.2. The van der Waals surface area contributed by atoms with Gasteiger partial charge in [0.25, 0.3) is 0 Å². The third kappa shape index (κ3) is 3.62. The van der Waals surface area contributed by atoms with Crippen molar-refractivity contribution in [2.75, 3.05) is 6.61 Å². The fourth-order valence-electron chi connectivity index (χ4n) is 4.03. The Morgan fingerprint density at radius 3 is 1.94 bits per heavy atom. The number of fused-ring (bicyclic) bond motifs is 2. The summed E-state index contributed by atoms with van der Waals surface area (Å²) in [5.74, 6) is 0.274. The van der Waals surface area contributed by atoms with Gasteiger partial charge in [-0.2, -0.15) is 0 Å². The van der Waals surface area contributed by atoms with E-state index in [0.717, 1.165) is 38.4 Å². The minimum Gasteiger partial charge on any atom is -0.493 e. The molecule has 1 atom stereocenters. The van der Waals surface area contributed by atoms with Crippen molar-refractivity contribution in [3.8, 4) is 22.6 Å². The molecule has 31 heavy (non-hydrogen) atoms. The molecule has 3 nitrogen and oxygen atoms in total. The van der Waals surface area contributed by atoms with Crippen molar-refractivity contribution in [1.29, 1.82) is 0 Å². The molecule has 0 aliphatic heterocycles. The SMILES string of the molecule is CCOc1ccc2ccccc2c1-c1c(OC(=O)[C@H]2CC2(Cl)Cl)ccc2ccccc12. The largest absolute Gasteiger partial charge is 0.493 e. The van der Waals surface area contributed by atoms with Crippen LogP contribution in [0.4, 0.5) is 0 Å². The maximum Gasteiger partial charge on any atom is 0.317 e. The Hall–Kier alpha value is -2.75. The summed E-state index contributed by atoms with van der Waals surface area (Å²) in [6, 6.07) is 24.0. The lowest BCUT2D eigenvalue weighted by Gasteiger charge is -2.19. The highest BCUT2D eigenvalue weighted by Gasteiger charge is 2.57. The van der Waals surface area contributed by atoms with Crippen LogP contribution in [-0.2, 0) is 4.79 Å². The number of alkyl halides is 2. The Balaban J connectivity index is 1.78.